The first-order valence-corrected chi connectivity index (χ1v) is 11.2. The fraction of sp³-hybridized carbons (Fsp3) is 1.00. The molecule has 2 aliphatic carbocycles. The summed E-state index contributed by atoms with van der Waals surface area (Å²) in [4.78, 5) is 0. The first-order valence-electron chi connectivity index (χ1n) is 11.2. The van der Waals surface area contributed by atoms with Crippen molar-refractivity contribution in [1.29, 1.82) is 0 Å². The molecule has 0 bridgehead atoms. The van der Waals surface area contributed by atoms with Gasteiger partial charge in [-0.3, -0.25) is 0 Å². The van der Waals surface area contributed by atoms with Crippen LogP contribution in [0.4, 0.5) is 0 Å². The van der Waals surface area contributed by atoms with Gasteiger partial charge < -0.3 is 14.2 Å². The molecular formula is C22H45N3O+2. The number of hydroxylamine groups is 2. The Bertz CT molecular complexity index is 442. The van der Waals surface area contributed by atoms with Gasteiger partial charge in [0.1, 0.15) is 13.1 Å². The van der Waals surface area contributed by atoms with Crippen LogP contribution in [-0.4, -0.2) is 84.7 Å². The van der Waals surface area contributed by atoms with Crippen molar-refractivity contribution in [2.75, 3.05) is 48.3 Å². The Morgan fingerprint density at radius 2 is 1.15 bits per heavy atom. The predicted molar refractivity (Wildman–Crippen MR) is 108 cm³/mol. The topological polar surface area (TPSA) is 23.5 Å². The first kappa shape index (κ1) is 20.6. The molecule has 26 heavy (non-hydrogen) atoms. The zero-order chi connectivity index (χ0) is 19.1. The number of nitrogens with zero attached hydrogens (tertiary/aromatic N) is 3. The van der Waals surface area contributed by atoms with Crippen molar-refractivity contribution < 1.29 is 14.2 Å². The lowest BCUT2D eigenvalue weighted by atomic mass is 9.65. The molecule has 0 amide bonds. The van der Waals surface area contributed by atoms with E-state index < -0.39 is 0 Å². The fourth-order valence-corrected chi connectivity index (χ4v) is 6.11. The van der Waals surface area contributed by atoms with Crippen molar-refractivity contribution in [2.45, 2.75) is 94.2 Å². The third-order valence-corrected chi connectivity index (χ3v) is 8.03. The van der Waals surface area contributed by atoms with Gasteiger partial charge in [0.25, 0.3) is 0 Å². The zero-order valence-electron chi connectivity index (χ0n) is 18.3. The van der Waals surface area contributed by atoms with E-state index in [1.54, 1.807) is 0 Å². The lowest BCUT2D eigenvalue weighted by molar-refractivity contribution is -0.954. The van der Waals surface area contributed by atoms with Crippen molar-refractivity contribution in [2.24, 2.45) is 0 Å². The van der Waals surface area contributed by atoms with E-state index in [2.05, 4.69) is 35.2 Å². The number of quaternary nitrogens is 2. The SMILES string of the molecule is C[N+](C)(C)CC[N+](C)(C)C1CC2(CCCCC2)N(O)C2(CCCCC2)C1. The van der Waals surface area contributed by atoms with Gasteiger partial charge >= 0.3 is 0 Å². The molecule has 3 rings (SSSR count). The molecule has 0 aromatic carbocycles. The van der Waals surface area contributed by atoms with Crippen LogP contribution in [0, 0.1) is 0 Å². The van der Waals surface area contributed by atoms with Crippen molar-refractivity contribution in [3.05, 3.63) is 0 Å². The summed E-state index contributed by atoms with van der Waals surface area (Å²) in [6.07, 6.45) is 15.1. The van der Waals surface area contributed by atoms with Gasteiger partial charge in [-0.1, -0.05) is 38.5 Å². The normalized spacial score (nSPS) is 30.0. The van der Waals surface area contributed by atoms with Gasteiger partial charge in [-0.05, 0) is 25.7 Å². The molecule has 3 aliphatic rings. The Kier molecular flexibility index (Phi) is 5.81. The number of likely N-dealkylation sites (N-methyl/N-ethyl adjacent to an activating group) is 2. The van der Waals surface area contributed by atoms with E-state index in [4.69, 9.17) is 0 Å². The standard InChI is InChI=1S/C22H45N3O/c1-24(2,3)16-17-25(4,5)20-18-21(12-8-6-9-13-21)23(26)22(19-20)14-10-7-11-15-22/h20,26H,6-19H2,1-5H3/q+2. The van der Waals surface area contributed by atoms with Crippen molar-refractivity contribution >= 4 is 0 Å². The Hall–Kier alpha value is -0.160. The van der Waals surface area contributed by atoms with Crippen LogP contribution in [0.15, 0.2) is 0 Å². The van der Waals surface area contributed by atoms with Gasteiger partial charge in [0.15, 0.2) is 0 Å². The van der Waals surface area contributed by atoms with Gasteiger partial charge in [-0.15, -0.1) is 0 Å². The minimum absolute atomic E-state index is 0.0601. The summed E-state index contributed by atoms with van der Waals surface area (Å²) in [7, 11) is 11.8. The minimum Gasteiger partial charge on any atom is -0.326 e. The van der Waals surface area contributed by atoms with E-state index in [0.717, 1.165) is 8.97 Å². The summed E-state index contributed by atoms with van der Waals surface area (Å²) in [5, 5.41) is 13.5. The number of hydrogen-bond acceptors (Lipinski definition) is 2. The molecule has 1 N–H and O–H groups in total. The molecule has 0 radical (unpaired) electrons. The Balaban J connectivity index is 1.85. The highest BCUT2D eigenvalue weighted by atomic mass is 16.5. The van der Waals surface area contributed by atoms with E-state index in [9.17, 15) is 5.21 Å². The summed E-state index contributed by atoms with van der Waals surface area (Å²) in [6, 6.07) is 0.682. The highest BCUT2D eigenvalue weighted by molar-refractivity contribution is 5.06. The second-order valence-corrected chi connectivity index (χ2v) is 11.5. The largest absolute Gasteiger partial charge is 0.326 e. The van der Waals surface area contributed by atoms with Gasteiger partial charge in [-0.25, -0.2) is 0 Å². The average molecular weight is 368 g/mol. The molecule has 0 atom stereocenters. The maximum atomic E-state index is 11.5. The molecule has 1 heterocycles. The monoisotopic (exact) mass is 367 g/mol. The molecule has 4 heteroatoms. The van der Waals surface area contributed by atoms with Crippen LogP contribution in [0.25, 0.3) is 0 Å². The van der Waals surface area contributed by atoms with Crippen LogP contribution >= 0.6 is 0 Å². The molecule has 1 saturated heterocycles. The van der Waals surface area contributed by atoms with Crippen LogP contribution in [-0.2, 0) is 0 Å². The Morgan fingerprint density at radius 3 is 1.54 bits per heavy atom. The molecule has 0 aromatic rings. The molecule has 4 nitrogen and oxygen atoms in total. The quantitative estimate of drug-likeness (QED) is 0.759. The van der Waals surface area contributed by atoms with Crippen LogP contribution in [0.2, 0.25) is 0 Å². The lowest BCUT2D eigenvalue weighted by Gasteiger charge is -2.61. The molecule has 0 aromatic heterocycles. The van der Waals surface area contributed by atoms with Crippen LogP contribution in [0.3, 0.4) is 0 Å². The molecule has 1 aliphatic heterocycles. The summed E-state index contributed by atoms with van der Waals surface area (Å²) in [5.74, 6) is 0. The maximum Gasteiger partial charge on any atom is 0.128 e. The second-order valence-electron chi connectivity index (χ2n) is 11.5. The number of hydrogen-bond donors (Lipinski definition) is 1. The van der Waals surface area contributed by atoms with Crippen LogP contribution in [0.1, 0.15) is 77.0 Å². The minimum atomic E-state index is 0.0601. The highest BCUT2D eigenvalue weighted by Gasteiger charge is 2.57. The Morgan fingerprint density at radius 1 is 0.731 bits per heavy atom. The van der Waals surface area contributed by atoms with Crippen LogP contribution in [0.5, 0.6) is 0 Å². The van der Waals surface area contributed by atoms with Gasteiger partial charge in [-0.2, -0.15) is 5.06 Å². The van der Waals surface area contributed by atoms with Crippen molar-refractivity contribution in [1.82, 2.24) is 5.06 Å². The second kappa shape index (κ2) is 7.35. The van der Waals surface area contributed by atoms with Crippen molar-refractivity contribution in [3.63, 3.8) is 0 Å². The van der Waals surface area contributed by atoms with E-state index in [1.807, 2.05) is 5.06 Å². The van der Waals surface area contributed by atoms with Gasteiger partial charge in [0.2, 0.25) is 0 Å². The molecular weight excluding hydrogens is 322 g/mol. The fourth-order valence-electron chi connectivity index (χ4n) is 6.11. The zero-order valence-corrected chi connectivity index (χ0v) is 18.3. The van der Waals surface area contributed by atoms with Crippen molar-refractivity contribution in [3.8, 4) is 0 Å². The number of piperidine rings is 1. The molecule has 2 spiro atoms. The third-order valence-electron chi connectivity index (χ3n) is 8.03. The maximum absolute atomic E-state index is 11.5. The lowest BCUT2D eigenvalue weighted by Crippen LogP contribution is -2.70. The number of rotatable bonds is 4. The van der Waals surface area contributed by atoms with E-state index in [1.165, 1.54) is 90.1 Å². The molecule has 0 unspecified atom stereocenters. The Labute approximate surface area is 162 Å². The molecule has 152 valence electrons. The summed E-state index contributed by atoms with van der Waals surface area (Å²) in [6.45, 7) is 2.44. The summed E-state index contributed by atoms with van der Waals surface area (Å²) < 4.78 is 2.16. The smallest absolute Gasteiger partial charge is 0.128 e. The van der Waals surface area contributed by atoms with Crippen LogP contribution < -0.4 is 0 Å². The van der Waals surface area contributed by atoms with E-state index in [-0.39, 0.29) is 11.1 Å². The molecule has 2 saturated carbocycles. The highest BCUT2D eigenvalue weighted by Crippen LogP contribution is 2.51. The first-order chi connectivity index (χ1) is 12.1. The predicted octanol–water partition coefficient (Wildman–Crippen LogP) is 4.03. The average Bonchev–Trinajstić information content (AvgIpc) is 2.59. The van der Waals surface area contributed by atoms with Gasteiger partial charge in [0, 0.05) is 12.8 Å². The molecule has 3 fully saturated rings. The third kappa shape index (κ3) is 4.14. The summed E-state index contributed by atoms with van der Waals surface area (Å²) in [5.41, 5.74) is 0.120. The van der Waals surface area contributed by atoms with E-state index in [0.29, 0.717) is 6.04 Å². The van der Waals surface area contributed by atoms with E-state index >= 15 is 0 Å². The summed E-state index contributed by atoms with van der Waals surface area (Å²) >= 11 is 0. The van der Waals surface area contributed by atoms with Gasteiger partial charge in [0.05, 0.1) is 52.4 Å².